The van der Waals surface area contributed by atoms with Crippen LogP contribution in [-0.2, 0) is 9.59 Å². The molecule has 94 valence electrons. The van der Waals surface area contributed by atoms with Crippen molar-refractivity contribution in [3.8, 4) is 0 Å². The minimum atomic E-state index is -1.10. The maximum Gasteiger partial charge on any atom is 1.00 e. The first-order valence-electron chi connectivity index (χ1n) is 5.42. The van der Waals surface area contributed by atoms with Gasteiger partial charge in [-0.2, -0.15) is 0 Å². The molecule has 0 saturated carbocycles. The van der Waals surface area contributed by atoms with Gasteiger partial charge in [-0.25, -0.2) is 0 Å². The summed E-state index contributed by atoms with van der Waals surface area (Å²) in [5.74, 6) is -3.51. The third-order valence-corrected chi connectivity index (χ3v) is 2.67. The van der Waals surface area contributed by atoms with E-state index in [0.29, 0.717) is 6.54 Å². The van der Waals surface area contributed by atoms with Crippen molar-refractivity contribution < 1.29 is 49.4 Å². The van der Waals surface area contributed by atoms with E-state index in [-0.39, 0.29) is 36.0 Å². The van der Waals surface area contributed by atoms with Crippen molar-refractivity contribution in [2.45, 2.75) is 20.3 Å². The molecule has 0 aliphatic carbocycles. The number of hydrogen-bond acceptors (Lipinski definition) is 3. The minimum absolute atomic E-state index is 0. The Morgan fingerprint density at radius 2 is 1.71 bits per heavy atom. The maximum absolute atomic E-state index is 10.9. The molecule has 0 aliphatic rings. The molecule has 0 aromatic heterocycles. The Morgan fingerprint density at radius 3 is 2.00 bits per heavy atom. The van der Waals surface area contributed by atoms with Crippen molar-refractivity contribution in [2.75, 3.05) is 19.6 Å². The summed E-state index contributed by atoms with van der Waals surface area (Å²) in [5, 5.41) is 17.6. The van der Waals surface area contributed by atoms with E-state index in [0.717, 1.165) is 13.1 Å². The van der Waals surface area contributed by atoms with Gasteiger partial charge in [0.25, 0.3) is 0 Å². The van der Waals surface area contributed by atoms with Gasteiger partial charge in [-0.1, -0.05) is 13.8 Å². The first-order chi connectivity index (χ1) is 7.42. The largest absolute Gasteiger partial charge is 1.00 e. The van der Waals surface area contributed by atoms with E-state index in [1.165, 1.54) is 0 Å². The van der Waals surface area contributed by atoms with Crippen molar-refractivity contribution >= 4 is 11.9 Å². The van der Waals surface area contributed by atoms with Gasteiger partial charge in [0, 0.05) is 5.92 Å². The molecule has 0 aromatic rings. The van der Waals surface area contributed by atoms with E-state index in [2.05, 4.69) is 6.92 Å². The van der Waals surface area contributed by atoms with Crippen LogP contribution in [0.1, 0.15) is 20.3 Å². The summed E-state index contributed by atoms with van der Waals surface area (Å²) in [6.07, 6.45) is -0.370. The average molecular weight is 253 g/mol. The number of aliphatic carboxylic acids is 2. The van der Waals surface area contributed by atoms with E-state index in [9.17, 15) is 9.59 Å². The average Bonchev–Trinajstić information content (AvgIpc) is 2.21. The fourth-order valence-electron chi connectivity index (χ4n) is 1.58. The van der Waals surface area contributed by atoms with Gasteiger partial charge in [0.15, 0.2) is 0 Å². The second-order valence-electron chi connectivity index (χ2n) is 3.79. The maximum atomic E-state index is 10.9. The Kier molecular flexibility index (Phi) is 11.2. The van der Waals surface area contributed by atoms with Gasteiger partial charge in [0.2, 0.25) is 0 Å². The van der Waals surface area contributed by atoms with Crippen LogP contribution < -0.4 is 29.6 Å². The van der Waals surface area contributed by atoms with Gasteiger partial charge in [0.05, 0.1) is 6.42 Å². The molecule has 17 heavy (non-hydrogen) atoms. The molecule has 0 amide bonds. The van der Waals surface area contributed by atoms with Crippen molar-refractivity contribution in [3.63, 3.8) is 0 Å². The summed E-state index contributed by atoms with van der Waals surface area (Å²) in [4.78, 5) is 23.5. The van der Waals surface area contributed by atoms with Crippen LogP contribution in [0, 0.1) is 18.8 Å². The molecule has 6 heteroatoms. The third kappa shape index (κ3) is 7.76. The molecule has 2 atom stereocenters. The van der Waals surface area contributed by atoms with E-state index >= 15 is 0 Å². The second kappa shape index (κ2) is 9.88. The van der Waals surface area contributed by atoms with Crippen LogP contribution in [0.25, 0.3) is 0 Å². The quantitative estimate of drug-likeness (QED) is 0.385. The molecule has 2 N–H and O–H groups in total. The first-order valence-corrected chi connectivity index (χ1v) is 5.42. The van der Waals surface area contributed by atoms with Crippen LogP contribution in [0.3, 0.4) is 0 Å². The summed E-state index contributed by atoms with van der Waals surface area (Å²) in [7, 11) is 0. The summed E-state index contributed by atoms with van der Waals surface area (Å²) in [5.41, 5.74) is 0. The smallest absolute Gasteiger partial charge is 0.481 e. The summed E-state index contributed by atoms with van der Waals surface area (Å²) in [6, 6.07) is 0. The molecule has 2 unspecified atom stereocenters. The van der Waals surface area contributed by atoms with Gasteiger partial charge >= 0.3 is 41.5 Å². The van der Waals surface area contributed by atoms with Gasteiger partial charge < -0.3 is 22.0 Å². The molecular formula is C11H20NNaO4. The monoisotopic (exact) mass is 253 g/mol. The Morgan fingerprint density at radius 1 is 1.24 bits per heavy atom. The molecule has 0 fully saturated rings. The fraction of sp³-hybridized carbons (Fsp3) is 0.727. The number of carboxylic acid groups (broad SMARTS) is 2. The van der Waals surface area contributed by atoms with Crippen LogP contribution in [0.4, 0.5) is 0 Å². The molecular weight excluding hydrogens is 233 g/mol. The molecule has 5 nitrogen and oxygen atoms in total. The predicted octanol–water partition coefficient (Wildman–Crippen LogP) is -2.04. The van der Waals surface area contributed by atoms with Crippen molar-refractivity contribution in [3.05, 3.63) is 6.92 Å². The molecule has 0 heterocycles. The molecule has 0 radical (unpaired) electrons. The molecule has 0 aromatic carbocycles. The molecule has 0 bridgehead atoms. The standard InChI is InChI=1S/C11H20NO4.Na/c1-4-12(5-2)7-8(3)9(11(15)16)6-10(13)14;/h8-9H,3-7H2,1-2H3,(H,13,14)(H,15,16);/q-1;+1. The Balaban J connectivity index is 0. The zero-order valence-electron chi connectivity index (χ0n) is 10.8. The van der Waals surface area contributed by atoms with E-state index < -0.39 is 23.8 Å². The van der Waals surface area contributed by atoms with E-state index in [4.69, 9.17) is 10.2 Å². The van der Waals surface area contributed by atoms with Crippen molar-refractivity contribution in [1.29, 1.82) is 0 Å². The number of nitrogens with zero attached hydrogens (tertiary/aromatic N) is 1. The summed E-state index contributed by atoms with van der Waals surface area (Å²) >= 11 is 0. The topological polar surface area (TPSA) is 77.8 Å². The van der Waals surface area contributed by atoms with Crippen molar-refractivity contribution in [2.24, 2.45) is 11.8 Å². The number of hydrogen-bond donors (Lipinski definition) is 2. The van der Waals surface area contributed by atoms with Gasteiger partial charge in [0.1, 0.15) is 0 Å². The number of carbonyl (C=O) groups is 2. The van der Waals surface area contributed by atoms with Gasteiger partial charge in [-0.15, -0.1) is 5.92 Å². The zero-order valence-corrected chi connectivity index (χ0v) is 12.8. The summed E-state index contributed by atoms with van der Waals surface area (Å²) in [6.45, 7) is 9.84. The van der Waals surface area contributed by atoms with Crippen LogP contribution in [-0.4, -0.2) is 46.7 Å². The van der Waals surface area contributed by atoms with E-state index in [1.54, 1.807) is 0 Å². The normalized spacial score (nSPS) is 13.9. The third-order valence-electron chi connectivity index (χ3n) is 2.67. The minimum Gasteiger partial charge on any atom is -0.481 e. The predicted molar refractivity (Wildman–Crippen MR) is 60.0 cm³/mol. The van der Waals surface area contributed by atoms with Crippen molar-refractivity contribution in [1.82, 2.24) is 4.90 Å². The summed E-state index contributed by atoms with van der Waals surface area (Å²) < 4.78 is 0. The van der Waals surface area contributed by atoms with Crippen LogP contribution in [0.2, 0.25) is 0 Å². The van der Waals surface area contributed by atoms with Crippen LogP contribution >= 0.6 is 0 Å². The second-order valence-corrected chi connectivity index (χ2v) is 3.79. The number of rotatable bonds is 8. The van der Waals surface area contributed by atoms with Gasteiger partial charge in [-0.05, 0) is 19.6 Å². The Labute approximate surface area is 124 Å². The van der Waals surface area contributed by atoms with E-state index in [1.807, 2.05) is 18.7 Å². The number of carboxylic acids is 2. The Hall–Kier alpha value is -0.100. The molecule has 0 aliphatic heterocycles. The van der Waals surface area contributed by atoms with Crippen LogP contribution in [0.5, 0.6) is 0 Å². The Bertz CT molecular complexity index is 244. The fourth-order valence-corrected chi connectivity index (χ4v) is 1.58. The SMILES string of the molecule is [CH2-]C(CN(CC)CC)C(CC(=O)O)C(=O)O.[Na+]. The van der Waals surface area contributed by atoms with Crippen LogP contribution in [0.15, 0.2) is 0 Å². The molecule has 0 spiro atoms. The zero-order chi connectivity index (χ0) is 12.7. The first kappa shape index (κ1) is 19.2. The van der Waals surface area contributed by atoms with Gasteiger partial charge in [-0.3, -0.25) is 9.59 Å². The molecule has 0 saturated heterocycles. The molecule has 0 rings (SSSR count).